The number of aromatic hydroxyl groups is 1. The predicted octanol–water partition coefficient (Wildman–Crippen LogP) is -1.64. The molecule has 2 rings (SSSR count). The average Bonchev–Trinajstić information content (AvgIpc) is 2.97. The van der Waals surface area contributed by atoms with Crippen molar-refractivity contribution in [3.63, 3.8) is 0 Å². The Morgan fingerprint density at radius 3 is 1.86 bits per heavy atom. The lowest BCUT2D eigenvalue weighted by atomic mass is 10.0. The molecule has 0 aromatic heterocycles. The van der Waals surface area contributed by atoms with Gasteiger partial charge in [-0.25, -0.2) is 4.79 Å². The lowest BCUT2D eigenvalue weighted by Crippen LogP contribution is -2.58. The molecule has 4 amide bonds. The Morgan fingerprint density at radius 2 is 1.27 bits per heavy atom. The molecule has 238 valence electrons. The highest BCUT2D eigenvalue weighted by molar-refractivity contribution is 5.94. The minimum absolute atomic E-state index is 0.0112. The van der Waals surface area contributed by atoms with Gasteiger partial charge in [0.15, 0.2) is 5.96 Å². The van der Waals surface area contributed by atoms with Gasteiger partial charge in [0.05, 0.1) is 6.04 Å². The van der Waals surface area contributed by atoms with E-state index in [-0.39, 0.29) is 50.4 Å². The molecule has 0 aliphatic rings. The zero-order valence-electron chi connectivity index (χ0n) is 24.1. The average molecular weight is 613 g/mol. The van der Waals surface area contributed by atoms with Gasteiger partial charge in [0, 0.05) is 25.8 Å². The largest absolute Gasteiger partial charge is 0.508 e. The van der Waals surface area contributed by atoms with E-state index in [0.717, 1.165) is 0 Å². The number of aliphatic carboxylic acids is 1. The second kappa shape index (κ2) is 17.7. The summed E-state index contributed by atoms with van der Waals surface area (Å²) in [5.41, 5.74) is 23.1. The second-order valence-corrected chi connectivity index (χ2v) is 10.1. The summed E-state index contributed by atoms with van der Waals surface area (Å²) in [6.07, 6.45) is 0.0442. The van der Waals surface area contributed by atoms with E-state index < -0.39 is 53.8 Å². The first-order valence-electron chi connectivity index (χ1n) is 13.9. The monoisotopic (exact) mass is 612 g/mol. The van der Waals surface area contributed by atoms with Gasteiger partial charge in [0.2, 0.25) is 23.6 Å². The van der Waals surface area contributed by atoms with Crippen molar-refractivity contribution >= 4 is 35.6 Å². The molecule has 0 fully saturated rings. The molecule has 15 heteroatoms. The topological polar surface area (TPSA) is 278 Å². The number of benzene rings is 2. The van der Waals surface area contributed by atoms with Crippen LogP contribution in [0, 0.1) is 0 Å². The van der Waals surface area contributed by atoms with Crippen LogP contribution in [0.15, 0.2) is 59.6 Å². The van der Waals surface area contributed by atoms with Gasteiger partial charge in [-0.1, -0.05) is 42.5 Å². The number of nitrogens with one attached hydrogen (secondary N) is 3. The van der Waals surface area contributed by atoms with Crippen LogP contribution in [0.2, 0.25) is 0 Å². The lowest BCUT2D eigenvalue weighted by molar-refractivity contribution is -0.142. The Morgan fingerprint density at radius 1 is 0.727 bits per heavy atom. The van der Waals surface area contributed by atoms with Crippen molar-refractivity contribution in [1.82, 2.24) is 16.0 Å². The highest BCUT2D eigenvalue weighted by Gasteiger charge is 2.31. The standard InChI is InChI=1S/C29H40N8O7/c30-20(7-4-14-34-29(32)33)25(40)36-22(15-17-5-2-1-3-6-17)27(42)35-21(12-13-24(31)39)26(41)37-23(28(43)44)16-18-8-10-19(38)11-9-18/h1-3,5-6,8-11,20-23,38H,4,7,12-16,30H2,(H2,31,39)(H,35,42)(H,36,40)(H,37,41)(H,43,44)(H4,32,33,34). The Kier molecular flexibility index (Phi) is 14.1. The molecule has 2 aromatic carbocycles. The highest BCUT2D eigenvalue weighted by atomic mass is 16.4. The van der Waals surface area contributed by atoms with Crippen molar-refractivity contribution in [3.05, 3.63) is 65.7 Å². The van der Waals surface area contributed by atoms with Crippen molar-refractivity contribution in [2.75, 3.05) is 6.54 Å². The van der Waals surface area contributed by atoms with E-state index in [1.54, 1.807) is 30.3 Å². The Hall–Kier alpha value is -5.18. The molecule has 2 aromatic rings. The number of carboxylic acids is 1. The van der Waals surface area contributed by atoms with Crippen LogP contribution in [0.3, 0.4) is 0 Å². The third-order valence-electron chi connectivity index (χ3n) is 6.52. The van der Waals surface area contributed by atoms with Crippen molar-refractivity contribution in [3.8, 4) is 5.75 Å². The molecule has 0 saturated heterocycles. The number of phenols is 1. The van der Waals surface area contributed by atoms with Crippen LogP contribution in [0.5, 0.6) is 5.75 Å². The maximum Gasteiger partial charge on any atom is 0.326 e. The summed E-state index contributed by atoms with van der Waals surface area (Å²) in [5, 5.41) is 26.8. The smallest absolute Gasteiger partial charge is 0.326 e. The number of rotatable bonds is 18. The number of carbonyl (C=O) groups is 5. The molecule has 0 saturated carbocycles. The molecule has 0 aliphatic carbocycles. The van der Waals surface area contributed by atoms with Gasteiger partial charge in [0.1, 0.15) is 23.9 Å². The first-order chi connectivity index (χ1) is 20.8. The second-order valence-electron chi connectivity index (χ2n) is 10.1. The Balaban J connectivity index is 2.21. The van der Waals surface area contributed by atoms with Crippen LogP contribution in [-0.4, -0.2) is 76.5 Å². The molecule has 4 unspecified atom stereocenters. The van der Waals surface area contributed by atoms with Gasteiger partial charge < -0.3 is 49.1 Å². The van der Waals surface area contributed by atoms with Crippen molar-refractivity contribution in [1.29, 1.82) is 0 Å². The number of hydrogen-bond acceptors (Lipinski definition) is 8. The fourth-order valence-corrected chi connectivity index (χ4v) is 4.16. The van der Waals surface area contributed by atoms with Gasteiger partial charge >= 0.3 is 5.97 Å². The maximum atomic E-state index is 13.5. The molecule has 44 heavy (non-hydrogen) atoms. The maximum absolute atomic E-state index is 13.5. The van der Waals surface area contributed by atoms with Gasteiger partial charge in [-0.15, -0.1) is 0 Å². The summed E-state index contributed by atoms with van der Waals surface area (Å²) in [6.45, 7) is 0.262. The van der Waals surface area contributed by atoms with Crippen LogP contribution in [0.25, 0.3) is 0 Å². The number of carboxylic acid groups (broad SMARTS) is 1. The minimum Gasteiger partial charge on any atom is -0.508 e. The third-order valence-corrected chi connectivity index (χ3v) is 6.52. The van der Waals surface area contributed by atoms with E-state index in [9.17, 15) is 34.2 Å². The number of hydrogen-bond donors (Lipinski definition) is 9. The molecule has 0 radical (unpaired) electrons. The number of nitrogens with zero attached hydrogens (tertiary/aromatic N) is 1. The Bertz CT molecular complexity index is 1300. The van der Waals surface area contributed by atoms with E-state index in [0.29, 0.717) is 17.5 Å². The first-order valence-corrected chi connectivity index (χ1v) is 13.9. The first kappa shape index (κ1) is 35.0. The van der Waals surface area contributed by atoms with E-state index in [4.69, 9.17) is 22.9 Å². The SMILES string of the molecule is NC(=O)CCC(NC(=O)C(Cc1ccccc1)NC(=O)C(N)CCCN=C(N)N)C(=O)NC(Cc1ccc(O)cc1)C(=O)O. The van der Waals surface area contributed by atoms with Crippen LogP contribution >= 0.6 is 0 Å². The summed E-state index contributed by atoms with van der Waals surface area (Å²) < 4.78 is 0. The van der Waals surface area contributed by atoms with Crippen molar-refractivity contribution in [2.24, 2.45) is 27.9 Å². The number of carbonyl (C=O) groups excluding carboxylic acids is 4. The van der Waals surface area contributed by atoms with E-state index in [1.807, 2.05) is 0 Å². The van der Waals surface area contributed by atoms with Gasteiger partial charge in [0.25, 0.3) is 0 Å². The molecule has 0 heterocycles. The van der Waals surface area contributed by atoms with Gasteiger partial charge in [-0.2, -0.15) is 0 Å². The highest BCUT2D eigenvalue weighted by Crippen LogP contribution is 2.12. The van der Waals surface area contributed by atoms with Crippen LogP contribution in [0.4, 0.5) is 0 Å². The number of phenolic OH excluding ortho intramolecular Hbond substituents is 1. The summed E-state index contributed by atoms with van der Waals surface area (Å²) in [6, 6.07) is 9.65. The molecule has 0 bridgehead atoms. The minimum atomic E-state index is -1.39. The number of guanidine groups is 1. The number of primary amides is 1. The molecule has 13 N–H and O–H groups in total. The van der Waals surface area contributed by atoms with Crippen molar-refractivity contribution in [2.45, 2.75) is 62.7 Å². The Labute approximate surface area is 254 Å². The number of nitrogens with two attached hydrogens (primary N) is 4. The zero-order valence-corrected chi connectivity index (χ0v) is 24.1. The van der Waals surface area contributed by atoms with Gasteiger partial charge in [-0.05, 0) is 42.5 Å². The van der Waals surface area contributed by atoms with E-state index >= 15 is 0 Å². The summed E-state index contributed by atoms with van der Waals surface area (Å²) in [7, 11) is 0. The number of amides is 4. The predicted molar refractivity (Wildman–Crippen MR) is 162 cm³/mol. The molecule has 0 aliphatic heterocycles. The van der Waals surface area contributed by atoms with E-state index in [1.165, 1.54) is 24.3 Å². The zero-order chi connectivity index (χ0) is 32.6. The summed E-state index contributed by atoms with van der Waals surface area (Å²) in [5.74, 6) is -4.43. The molecular weight excluding hydrogens is 572 g/mol. The van der Waals surface area contributed by atoms with E-state index in [2.05, 4.69) is 20.9 Å². The summed E-state index contributed by atoms with van der Waals surface area (Å²) >= 11 is 0. The van der Waals surface area contributed by atoms with Crippen molar-refractivity contribution < 1.29 is 34.2 Å². The van der Waals surface area contributed by atoms with Crippen LogP contribution in [0.1, 0.15) is 36.8 Å². The third kappa shape index (κ3) is 12.8. The molecule has 4 atom stereocenters. The summed E-state index contributed by atoms with van der Waals surface area (Å²) in [4.78, 5) is 66.9. The normalized spacial score (nSPS) is 13.4. The fourth-order valence-electron chi connectivity index (χ4n) is 4.16. The van der Waals surface area contributed by atoms with Gasteiger partial charge in [-0.3, -0.25) is 24.2 Å². The lowest BCUT2D eigenvalue weighted by Gasteiger charge is -2.25. The quantitative estimate of drug-likeness (QED) is 0.0526. The van der Waals surface area contributed by atoms with Crippen LogP contribution in [-0.2, 0) is 36.8 Å². The molecular formula is C29H40N8O7. The molecule has 0 spiro atoms. The number of aliphatic imine (C=N–C) groups is 1. The fraction of sp³-hybridized carbons (Fsp3) is 0.379. The van der Waals surface area contributed by atoms with Crippen LogP contribution < -0.4 is 38.9 Å². The molecule has 15 nitrogen and oxygen atoms in total.